The maximum Gasteiger partial charge on any atom is 0.247 e. The molecule has 140 valence electrons. The average Bonchev–Trinajstić information content (AvgIpc) is 3.15. The van der Waals surface area contributed by atoms with E-state index in [0.29, 0.717) is 23.7 Å². The highest BCUT2D eigenvalue weighted by Crippen LogP contribution is 2.30. The third kappa shape index (κ3) is 5.11. The summed E-state index contributed by atoms with van der Waals surface area (Å²) in [5.41, 5.74) is 3.59. The molecule has 7 heteroatoms. The van der Waals surface area contributed by atoms with E-state index < -0.39 is 6.04 Å². The van der Waals surface area contributed by atoms with Crippen LogP contribution in [0.25, 0.3) is 0 Å². The minimum Gasteiger partial charge on any atom is -0.369 e. The summed E-state index contributed by atoms with van der Waals surface area (Å²) in [6, 6.07) is 12.8. The Morgan fingerprint density at radius 1 is 1.30 bits per heavy atom. The number of aromatic amines is 1. The Kier molecular flexibility index (Phi) is 6.53. The highest BCUT2D eigenvalue weighted by Gasteiger charge is 2.23. The lowest BCUT2D eigenvalue weighted by atomic mass is 10.1. The third-order valence-electron chi connectivity index (χ3n) is 4.15. The first-order chi connectivity index (χ1) is 13.0. The number of nitrogens with one attached hydrogen (secondary N) is 3. The number of aryl methyl sites for hydroxylation is 1. The number of anilines is 1. The molecule has 0 fully saturated rings. The zero-order valence-electron chi connectivity index (χ0n) is 14.8. The van der Waals surface area contributed by atoms with Gasteiger partial charge in [0.1, 0.15) is 6.04 Å². The number of carbonyl (C=O) groups excluding carboxylic acids is 1. The molecule has 3 N–H and O–H groups in total. The summed E-state index contributed by atoms with van der Waals surface area (Å²) in [6.07, 6.45) is 4.06. The molecule has 1 unspecified atom stereocenters. The molecular formula is C20H20BrClN4O. The van der Waals surface area contributed by atoms with Crippen molar-refractivity contribution in [1.82, 2.24) is 15.3 Å². The number of amides is 1. The number of carbonyl (C=O) groups is 1. The maximum atomic E-state index is 12.9. The second kappa shape index (κ2) is 9.06. The molecule has 0 saturated heterocycles. The standard InChI is InChI=1S/C20H20BrClN4O/c1-13-6-7-18(17(22)10-13)26-19(15-4-2-3-5-16(15)21)20(27)24-9-8-14-11-23-12-25-14/h2-7,10-12,19,26H,8-9H2,1H3,(H,23,25)(H,24,27). The summed E-state index contributed by atoms with van der Waals surface area (Å²) < 4.78 is 0.856. The van der Waals surface area contributed by atoms with Crippen molar-refractivity contribution in [2.45, 2.75) is 19.4 Å². The van der Waals surface area contributed by atoms with Crippen LogP contribution in [0.2, 0.25) is 5.02 Å². The molecule has 5 nitrogen and oxygen atoms in total. The minimum absolute atomic E-state index is 0.127. The van der Waals surface area contributed by atoms with Crippen molar-refractivity contribution >= 4 is 39.1 Å². The first kappa shape index (κ1) is 19.5. The highest BCUT2D eigenvalue weighted by atomic mass is 79.9. The summed E-state index contributed by atoms with van der Waals surface area (Å²) in [5, 5.41) is 6.85. The smallest absolute Gasteiger partial charge is 0.247 e. The molecule has 0 aliphatic rings. The quantitative estimate of drug-likeness (QED) is 0.494. The molecule has 27 heavy (non-hydrogen) atoms. The van der Waals surface area contributed by atoms with Crippen LogP contribution in [-0.2, 0) is 11.2 Å². The van der Waals surface area contributed by atoms with E-state index in [2.05, 4.69) is 36.5 Å². The van der Waals surface area contributed by atoms with Crippen molar-refractivity contribution in [2.24, 2.45) is 0 Å². The average molecular weight is 448 g/mol. The number of nitrogens with zero attached hydrogens (tertiary/aromatic N) is 1. The van der Waals surface area contributed by atoms with Gasteiger partial charge in [-0.15, -0.1) is 0 Å². The van der Waals surface area contributed by atoms with Gasteiger partial charge in [-0.1, -0.05) is 51.8 Å². The molecule has 3 aromatic rings. The Labute approximate surface area is 171 Å². The van der Waals surface area contributed by atoms with Gasteiger partial charge in [0, 0.05) is 29.3 Å². The van der Waals surface area contributed by atoms with Crippen LogP contribution >= 0.6 is 27.5 Å². The Balaban J connectivity index is 1.78. The van der Waals surface area contributed by atoms with Crippen LogP contribution in [0.5, 0.6) is 0 Å². The second-order valence-corrected chi connectivity index (χ2v) is 7.46. The SMILES string of the molecule is Cc1ccc(NC(C(=O)NCCc2cnc[nH]2)c2ccccc2Br)c(Cl)c1. The van der Waals surface area contributed by atoms with Gasteiger partial charge in [0.2, 0.25) is 5.91 Å². The van der Waals surface area contributed by atoms with Crippen LogP contribution in [0.1, 0.15) is 22.9 Å². The van der Waals surface area contributed by atoms with Crippen molar-refractivity contribution < 1.29 is 4.79 Å². The zero-order chi connectivity index (χ0) is 19.2. The van der Waals surface area contributed by atoms with Crippen molar-refractivity contribution in [3.05, 3.63) is 81.3 Å². The number of H-pyrrole nitrogens is 1. The summed E-state index contributed by atoms with van der Waals surface area (Å²) in [6.45, 7) is 2.48. The molecule has 1 amide bonds. The topological polar surface area (TPSA) is 69.8 Å². The van der Waals surface area contributed by atoms with Gasteiger partial charge in [-0.2, -0.15) is 0 Å². The number of hydrogen-bond donors (Lipinski definition) is 3. The summed E-state index contributed by atoms with van der Waals surface area (Å²) >= 11 is 9.90. The number of aromatic nitrogens is 2. The first-order valence-corrected chi connectivity index (χ1v) is 9.74. The van der Waals surface area contributed by atoms with Gasteiger partial charge >= 0.3 is 0 Å². The molecule has 0 radical (unpaired) electrons. The molecule has 2 aromatic carbocycles. The number of halogens is 2. The van der Waals surface area contributed by atoms with E-state index in [1.165, 1.54) is 0 Å². The van der Waals surface area contributed by atoms with Crippen LogP contribution < -0.4 is 10.6 Å². The Morgan fingerprint density at radius 3 is 2.81 bits per heavy atom. The van der Waals surface area contributed by atoms with E-state index in [4.69, 9.17) is 11.6 Å². The van der Waals surface area contributed by atoms with E-state index in [1.807, 2.05) is 49.4 Å². The predicted molar refractivity (Wildman–Crippen MR) is 112 cm³/mol. The lowest BCUT2D eigenvalue weighted by Gasteiger charge is -2.22. The van der Waals surface area contributed by atoms with E-state index in [1.54, 1.807) is 12.5 Å². The highest BCUT2D eigenvalue weighted by molar-refractivity contribution is 9.10. The van der Waals surface area contributed by atoms with Gasteiger partial charge in [0.15, 0.2) is 0 Å². The number of hydrogen-bond acceptors (Lipinski definition) is 3. The van der Waals surface area contributed by atoms with Gasteiger partial charge in [-0.05, 0) is 36.2 Å². The lowest BCUT2D eigenvalue weighted by molar-refractivity contribution is -0.121. The van der Waals surface area contributed by atoms with Crippen LogP contribution in [0.3, 0.4) is 0 Å². The predicted octanol–water partition coefficient (Wildman–Crippen LogP) is 4.65. The molecule has 0 spiro atoms. The van der Waals surface area contributed by atoms with Crippen LogP contribution in [-0.4, -0.2) is 22.4 Å². The van der Waals surface area contributed by atoms with Crippen molar-refractivity contribution in [3.63, 3.8) is 0 Å². The van der Waals surface area contributed by atoms with Crippen LogP contribution in [0.4, 0.5) is 5.69 Å². The van der Waals surface area contributed by atoms with E-state index in [9.17, 15) is 4.79 Å². The second-order valence-electron chi connectivity index (χ2n) is 6.20. The van der Waals surface area contributed by atoms with Gasteiger partial charge in [0.05, 0.1) is 17.0 Å². The van der Waals surface area contributed by atoms with E-state index in [0.717, 1.165) is 21.3 Å². The molecule has 0 bridgehead atoms. The maximum absolute atomic E-state index is 12.9. The van der Waals surface area contributed by atoms with Gasteiger partial charge < -0.3 is 15.6 Å². The van der Waals surface area contributed by atoms with Crippen LogP contribution in [0, 0.1) is 6.92 Å². The molecule has 0 aliphatic carbocycles. The number of imidazole rings is 1. The monoisotopic (exact) mass is 446 g/mol. The molecule has 3 rings (SSSR count). The molecule has 0 saturated carbocycles. The Bertz CT molecular complexity index is 914. The summed E-state index contributed by atoms with van der Waals surface area (Å²) in [4.78, 5) is 20.0. The molecule has 1 heterocycles. The van der Waals surface area contributed by atoms with Gasteiger partial charge in [-0.3, -0.25) is 4.79 Å². The third-order valence-corrected chi connectivity index (χ3v) is 5.19. The Morgan fingerprint density at radius 2 is 2.11 bits per heavy atom. The fourth-order valence-electron chi connectivity index (χ4n) is 2.73. The Hall–Kier alpha value is -2.31. The fourth-order valence-corrected chi connectivity index (χ4v) is 3.53. The molecule has 1 aromatic heterocycles. The largest absolute Gasteiger partial charge is 0.369 e. The van der Waals surface area contributed by atoms with Crippen molar-refractivity contribution in [1.29, 1.82) is 0 Å². The number of rotatable bonds is 7. The number of benzene rings is 2. The molecule has 1 atom stereocenters. The van der Waals surface area contributed by atoms with Crippen LogP contribution in [0.15, 0.2) is 59.5 Å². The summed E-state index contributed by atoms with van der Waals surface area (Å²) in [5.74, 6) is -0.127. The normalized spacial score (nSPS) is 11.8. The first-order valence-electron chi connectivity index (χ1n) is 8.56. The van der Waals surface area contributed by atoms with Crippen molar-refractivity contribution in [2.75, 3.05) is 11.9 Å². The lowest BCUT2D eigenvalue weighted by Crippen LogP contribution is -2.35. The fraction of sp³-hybridized carbons (Fsp3) is 0.200. The summed E-state index contributed by atoms with van der Waals surface area (Å²) in [7, 11) is 0. The van der Waals surface area contributed by atoms with Crippen molar-refractivity contribution in [3.8, 4) is 0 Å². The van der Waals surface area contributed by atoms with E-state index in [-0.39, 0.29) is 5.91 Å². The van der Waals surface area contributed by atoms with Gasteiger partial charge in [-0.25, -0.2) is 4.98 Å². The van der Waals surface area contributed by atoms with E-state index >= 15 is 0 Å². The minimum atomic E-state index is -0.581. The van der Waals surface area contributed by atoms with Gasteiger partial charge in [0.25, 0.3) is 0 Å². The molecule has 0 aliphatic heterocycles. The zero-order valence-corrected chi connectivity index (χ0v) is 17.1. The molecular weight excluding hydrogens is 428 g/mol.